The van der Waals surface area contributed by atoms with E-state index in [1.54, 1.807) is 30.3 Å². The molecule has 3 rings (SSSR count). The van der Waals surface area contributed by atoms with Gasteiger partial charge >= 0.3 is 6.03 Å². The third-order valence-corrected chi connectivity index (χ3v) is 5.21. The van der Waals surface area contributed by atoms with Gasteiger partial charge < -0.3 is 20.9 Å². The van der Waals surface area contributed by atoms with Crippen LogP contribution in [-0.2, 0) is 0 Å². The molecule has 0 spiro atoms. The van der Waals surface area contributed by atoms with Gasteiger partial charge in [-0.25, -0.2) is 4.79 Å². The molecule has 0 unspecified atom stereocenters. The number of hydrogen-bond donors (Lipinski definition) is 3. The Labute approximate surface area is 177 Å². The van der Waals surface area contributed by atoms with Crippen LogP contribution in [0.1, 0.15) is 49.0 Å². The number of carbonyl (C=O) groups is 2. The van der Waals surface area contributed by atoms with E-state index in [4.69, 9.17) is 5.26 Å². The molecule has 1 saturated heterocycles. The molecular weight excluding hydrogens is 378 g/mol. The van der Waals surface area contributed by atoms with Crippen molar-refractivity contribution < 1.29 is 9.59 Å². The average molecular weight is 406 g/mol. The highest BCUT2D eigenvalue weighted by atomic mass is 16.2. The van der Waals surface area contributed by atoms with Gasteiger partial charge in [0.1, 0.15) is 0 Å². The number of nitriles is 1. The van der Waals surface area contributed by atoms with Gasteiger partial charge in [-0.05, 0) is 68.7 Å². The molecule has 0 radical (unpaired) electrons. The Balaban J connectivity index is 1.77. The minimum Gasteiger partial charge on any atom is -0.371 e. The zero-order valence-electron chi connectivity index (χ0n) is 17.4. The summed E-state index contributed by atoms with van der Waals surface area (Å²) in [5.41, 5.74) is 3.10. The van der Waals surface area contributed by atoms with Crippen molar-refractivity contribution in [3.05, 3.63) is 53.6 Å². The molecule has 7 nitrogen and oxygen atoms in total. The maximum atomic E-state index is 12.9. The van der Waals surface area contributed by atoms with Crippen LogP contribution >= 0.6 is 0 Å². The fraction of sp³-hybridized carbons (Fsp3) is 0.348. The van der Waals surface area contributed by atoms with Crippen LogP contribution in [0.3, 0.4) is 0 Å². The molecule has 30 heavy (non-hydrogen) atoms. The first-order valence-corrected chi connectivity index (χ1v) is 10.3. The number of carbonyl (C=O) groups excluding carboxylic acids is 2. The Morgan fingerprint density at radius 1 is 1.07 bits per heavy atom. The van der Waals surface area contributed by atoms with Crippen LogP contribution in [0.25, 0.3) is 0 Å². The first kappa shape index (κ1) is 21.2. The minimum absolute atomic E-state index is 0.0697. The predicted molar refractivity (Wildman–Crippen MR) is 119 cm³/mol. The highest BCUT2D eigenvalue weighted by Crippen LogP contribution is 2.28. The highest BCUT2D eigenvalue weighted by Gasteiger charge is 2.21. The molecule has 3 N–H and O–H groups in total. The molecule has 3 amide bonds. The molecule has 1 fully saturated rings. The summed E-state index contributed by atoms with van der Waals surface area (Å²) in [6.07, 6.45) is 3.06. The van der Waals surface area contributed by atoms with Crippen LogP contribution in [0.2, 0.25) is 0 Å². The van der Waals surface area contributed by atoms with Gasteiger partial charge in [0.05, 0.1) is 17.2 Å². The summed E-state index contributed by atoms with van der Waals surface area (Å²) in [6.45, 7) is 5.85. The van der Waals surface area contributed by atoms with Gasteiger partial charge in [-0.3, -0.25) is 4.79 Å². The zero-order chi connectivity index (χ0) is 21.5. The molecule has 156 valence electrons. The molecular formula is C23H27N5O2. The van der Waals surface area contributed by atoms with Crippen LogP contribution in [-0.4, -0.2) is 31.1 Å². The lowest BCUT2D eigenvalue weighted by Crippen LogP contribution is -2.33. The first-order chi connectivity index (χ1) is 14.5. The Kier molecular flexibility index (Phi) is 6.91. The van der Waals surface area contributed by atoms with E-state index < -0.39 is 6.03 Å². The molecule has 0 bridgehead atoms. The topological polar surface area (TPSA) is 97.3 Å². The smallest absolute Gasteiger partial charge is 0.323 e. The van der Waals surface area contributed by atoms with E-state index in [0.29, 0.717) is 22.5 Å². The normalized spacial score (nSPS) is 14.0. The second-order valence-electron chi connectivity index (χ2n) is 7.48. The first-order valence-electron chi connectivity index (χ1n) is 10.3. The molecule has 2 aromatic rings. The van der Waals surface area contributed by atoms with Crippen LogP contribution < -0.4 is 20.9 Å². The molecule has 7 heteroatoms. The van der Waals surface area contributed by atoms with Crippen molar-refractivity contribution >= 4 is 29.0 Å². The number of urea groups is 1. The standard InChI is InChI=1S/C23H27N5O2/c1-3-16(2)25-22(29)20-14-19(10-11-21(20)28-12-4-5-13-28)27-23(30)26-18-8-6-17(15-24)7-9-18/h6-11,14,16H,3-5,12-13H2,1-2H3,(H,25,29)(H2,26,27,30)/t16-/m1/s1. The van der Waals surface area contributed by atoms with Crippen molar-refractivity contribution in [2.24, 2.45) is 0 Å². The van der Waals surface area contributed by atoms with Gasteiger partial charge in [-0.1, -0.05) is 6.92 Å². The predicted octanol–water partition coefficient (Wildman–Crippen LogP) is 4.33. The number of rotatable bonds is 6. The Morgan fingerprint density at radius 2 is 1.70 bits per heavy atom. The lowest BCUT2D eigenvalue weighted by Gasteiger charge is -2.23. The third kappa shape index (κ3) is 5.29. The van der Waals surface area contributed by atoms with Crippen LogP contribution in [0.5, 0.6) is 0 Å². The summed E-state index contributed by atoms with van der Waals surface area (Å²) in [6, 6.07) is 13.7. The fourth-order valence-electron chi connectivity index (χ4n) is 3.35. The summed E-state index contributed by atoms with van der Waals surface area (Å²) >= 11 is 0. The lowest BCUT2D eigenvalue weighted by molar-refractivity contribution is 0.0939. The van der Waals surface area contributed by atoms with Gasteiger partial charge in [-0.2, -0.15) is 5.26 Å². The SMILES string of the molecule is CC[C@@H](C)NC(=O)c1cc(NC(=O)Nc2ccc(C#N)cc2)ccc1N1CCCC1. The van der Waals surface area contributed by atoms with Gasteiger partial charge in [0.25, 0.3) is 5.91 Å². The van der Waals surface area contributed by atoms with E-state index in [2.05, 4.69) is 20.9 Å². The van der Waals surface area contributed by atoms with Crippen molar-refractivity contribution in [2.45, 2.75) is 39.2 Å². The average Bonchev–Trinajstić information content (AvgIpc) is 3.28. The maximum Gasteiger partial charge on any atom is 0.323 e. The number of nitrogens with one attached hydrogen (secondary N) is 3. The van der Waals surface area contributed by atoms with Gasteiger partial charge in [0.2, 0.25) is 0 Å². The van der Waals surface area contributed by atoms with Crippen LogP contribution in [0.4, 0.5) is 21.9 Å². The minimum atomic E-state index is -0.415. The number of nitrogens with zero attached hydrogens (tertiary/aromatic N) is 2. The molecule has 1 heterocycles. The van der Waals surface area contributed by atoms with E-state index in [1.807, 2.05) is 32.0 Å². The van der Waals surface area contributed by atoms with E-state index in [9.17, 15) is 9.59 Å². The summed E-state index contributed by atoms with van der Waals surface area (Å²) in [5, 5.41) is 17.4. The van der Waals surface area contributed by atoms with Crippen molar-refractivity contribution in [3.63, 3.8) is 0 Å². The quantitative estimate of drug-likeness (QED) is 0.666. The number of benzene rings is 2. The molecule has 0 aliphatic carbocycles. The van der Waals surface area contributed by atoms with Crippen molar-refractivity contribution in [2.75, 3.05) is 28.6 Å². The van der Waals surface area contributed by atoms with Crippen LogP contribution in [0, 0.1) is 11.3 Å². The molecule has 0 aromatic heterocycles. The van der Waals surface area contributed by atoms with Crippen molar-refractivity contribution in [3.8, 4) is 6.07 Å². The monoisotopic (exact) mass is 405 g/mol. The van der Waals surface area contributed by atoms with E-state index in [1.165, 1.54) is 0 Å². The molecule has 1 aliphatic heterocycles. The largest absolute Gasteiger partial charge is 0.371 e. The van der Waals surface area contributed by atoms with Gasteiger partial charge in [0.15, 0.2) is 0 Å². The van der Waals surface area contributed by atoms with Crippen LogP contribution in [0.15, 0.2) is 42.5 Å². The Bertz CT molecular complexity index is 943. The highest BCUT2D eigenvalue weighted by molar-refractivity contribution is 6.04. The van der Waals surface area contributed by atoms with Gasteiger partial charge in [0, 0.05) is 36.2 Å². The number of hydrogen-bond acceptors (Lipinski definition) is 4. The Hall–Kier alpha value is -3.53. The lowest BCUT2D eigenvalue weighted by atomic mass is 10.1. The van der Waals surface area contributed by atoms with Crippen molar-refractivity contribution in [1.82, 2.24) is 5.32 Å². The van der Waals surface area contributed by atoms with E-state index in [0.717, 1.165) is 38.0 Å². The molecule has 2 aromatic carbocycles. The van der Waals surface area contributed by atoms with E-state index in [-0.39, 0.29) is 11.9 Å². The van der Waals surface area contributed by atoms with Gasteiger partial charge in [-0.15, -0.1) is 0 Å². The zero-order valence-corrected chi connectivity index (χ0v) is 17.4. The second kappa shape index (κ2) is 9.79. The maximum absolute atomic E-state index is 12.9. The third-order valence-electron chi connectivity index (χ3n) is 5.21. The summed E-state index contributed by atoms with van der Waals surface area (Å²) in [7, 11) is 0. The molecule has 1 atom stereocenters. The Morgan fingerprint density at radius 3 is 2.33 bits per heavy atom. The second-order valence-corrected chi connectivity index (χ2v) is 7.48. The number of anilines is 3. The van der Waals surface area contributed by atoms with Crippen molar-refractivity contribution in [1.29, 1.82) is 5.26 Å². The van der Waals surface area contributed by atoms with E-state index >= 15 is 0 Å². The fourth-order valence-corrected chi connectivity index (χ4v) is 3.35. The summed E-state index contributed by atoms with van der Waals surface area (Å²) in [5.74, 6) is -0.137. The molecule has 0 saturated carbocycles. The molecule has 1 aliphatic rings. The summed E-state index contributed by atoms with van der Waals surface area (Å²) in [4.78, 5) is 27.5. The summed E-state index contributed by atoms with van der Waals surface area (Å²) < 4.78 is 0. The number of amides is 3.